The van der Waals surface area contributed by atoms with Gasteiger partial charge in [-0.05, 0) is 36.5 Å². The number of carbonyl (C=O) groups is 2. The molecule has 0 bridgehead atoms. The molecule has 2 aromatic rings. The summed E-state index contributed by atoms with van der Waals surface area (Å²) in [5.41, 5.74) is 2.88. The van der Waals surface area contributed by atoms with Crippen LogP contribution in [0.2, 0.25) is 0 Å². The Hall–Kier alpha value is -2.45. The molecule has 172 valence electrons. The molecule has 8 nitrogen and oxygen atoms in total. The largest absolute Gasteiger partial charge is 0.328 e. The number of pyridine rings is 1. The Bertz CT molecular complexity index is 957. The van der Waals surface area contributed by atoms with Crippen LogP contribution in [0, 0.1) is 5.92 Å². The lowest BCUT2D eigenvalue weighted by atomic mass is 9.99. The lowest BCUT2D eigenvalue weighted by molar-refractivity contribution is -0.120. The van der Waals surface area contributed by atoms with Crippen LogP contribution in [-0.4, -0.2) is 70.6 Å². The summed E-state index contributed by atoms with van der Waals surface area (Å²) in [6.07, 6.45) is 12.5. The zero-order chi connectivity index (χ0) is 21.9. The molecule has 3 amide bonds. The Balaban J connectivity index is 1.20. The van der Waals surface area contributed by atoms with Gasteiger partial charge in [0.05, 0.1) is 17.4 Å². The maximum atomic E-state index is 12.3. The van der Waals surface area contributed by atoms with Gasteiger partial charge in [-0.1, -0.05) is 25.7 Å². The van der Waals surface area contributed by atoms with E-state index >= 15 is 0 Å². The van der Waals surface area contributed by atoms with Gasteiger partial charge in [0, 0.05) is 58.4 Å². The van der Waals surface area contributed by atoms with Crippen LogP contribution in [0.5, 0.6) is 0 Å². The highest BCUT2D eigenvalue weighted by atomic mass is 16.2. The van der Waals surface area contributed by atoms with Crippen LogP contribution in [0.1, 0.15) is 50.5 Å². The van der Waals surface area contributed by atoms with Gasteiger partial charge in [-0.25, -0.2) is 9.31 Å². The molecule has 0 aromatic carbocycles. The van der Waals surface area contributed by atoms with Crippen molar-refractivity contribution in [1.82, 2.24) is 24.7 Å². The number of rotatable bonds is 5. The number of carbonyl (C=O) groups excluding carboxylic acids is 2. The fraction of sp³-hybridized carbons (Fsp3) is 0.625. The molecule has 1 aliphatic carbocycles. The molecule has 1 saturated carbocycles. The van der Waals surface area contributed by atoms with Crippen molar-refractivity contribution in [3.05, 3.63) is 30.1 Å². The van der Waals surface area contributed by atoms with Crippen LogP contribution in [0.3, 0.4) is 0 Å². The van der Waals surface area contributed by atoms with Crippen LogP contribution in [0.15, 0.2) is 24.5 Å². The maximum Gasteiger partial charge on any atom is 0.328 e. The first kappa shape index (κ1) is 21.4. The predicted octanol–water partition coefficient (Wildman–Crippen LogP) is 2.87. The van der Waals surface area contributed by atoms with Gasteiger partial charge in [0.15, 0.2) is 0 Å². The topological polar surface area (TPSA) is 73.2 Å². The highest BCUT2D eigenvalue weighted by Crippen LogP contribution is 2.26. The van der Waals surface area contributed by atoms with E-state index in [4.69, 9.17) is 0 Å². The van der Waals surface area contributed by atoms with Gasteiger partial charge in [0.1, 0.15) is 0 Å². The van der Waals surface area contributed by atoms with Crippen molar-refractivity contribution in [2.24, 2.45) is 5.92 Å². The maximum absolute atomic E-state index is 12.3. The summed E-state index contributed by atoms with van der Waals surface area (Å²) in [7, 11) is 0. The van der Waals surface area contributed by atoms with E-state index < -0.39 is 0 Å². The molecule has 1 N–H and O–H groups in total. The van der Waals surface area contributed by atoms with E-state index in [0.717, 1.165) is 49.8 Å². The number of fused-ring (bicyclic) bond motifs is 1. The Morgan fingerprint density at radius 3 is 2.47 bits per heavy atom. The van der Waals surface area contributed by atoms with Gasteiger partial charge >= 0.3 is 6.03 Å². The first-order valence-electron chi connectivity index (χ1n) is 12.2. The van der Waals surface area contributed by atoms with Gasteiger partial charge < -0.3 is 4.90 Å². The Morgan fingerprint density at radius 2 is 1.72 bits per heavy atom. The van der Waals surface area contributed by atoms with E-state index in [-0.39, 0.29) is 11.9 Å². The first-order valence-corrected chi connectivity index (χ1v) is 12.2. The highest BCUT2D eigenvalue weighted by Gasteiger charge is 2.27. The van der Waals surface area contributed by atoms with Gasteiger partial charge in [-0.3, -0.25) is 19.9 Å². The molecule has 32 heavy (non-hydrogen) atoms. The predicted molar refractivity (Wildman–Crippen MR) is 124 cm³/mol. The van der Waals surface area contributed by atoms with Gasteiger partial charge in [-0.2, -0.15) is 5.10 Å². The minimum absolute atomic E-state index is 0.221. The third kappa shape index (κ3) is 4.81. The number of hydrogen-bond donors (Lipinski definition) is 1. The van der Waals surface area contributed by atoms with E-state index in [1.807, 2.05) is 6.20 Å². The average Bonchev–Trinajstić information content (AvgIpc) is 3.02. The summed E-state index contributed by atoms with van der Waals surface area (Å²) in [6.45, 7) is 7.07. The normalized spacial score (nSPS) is 22.3. The number of hydrogen-bond acceptors (Lipinski definition) is 5. The number of imide groups is 1. The number of nitrogens with zero attached hydrogens (tertiary/aromatic N) is 5. The molecule has 0 unspecified atom stereocenters. The average molecular weight is 439 g/mol. The van der Waals surface area contributed by atoms with Crippen molar-refractivity contribution in [2.45, 2.75) is 51.5 Å². The lowest BCUT2D eigenvalue weighted by Gasteiger charge is -2.36. The Morgan fingerprint density at radius 1 is 0.969 bits per heavy atom. The van der Waals surface area contributed by atoms with Crippen LogP contribution in [0.4, 0.5) is 10.5 Å². The molecule has 0 atom stereocenters. The van der Waals surface area contributed by atoms with Gasteiger partial charge in [0.25, 0.3) is 0 Å². The minimum atomic E-state index is -0.369. The summed E-state index contributed by atoms with van der Waals surface area (Å²) in [4.78, 5) is 30.6. The highest BCUT2D eigenvalue weighted by molar-refractivity contribution is 6.07. The van der Waals surface area contributed by atoms with Crippen molar-refractivity contribution in [3.8, 4) is 0 Å². The van der Waals surface area contributed by atoms with Crippen LogP contribution >= 0.6 is 0 Å². The van der Waals surface area contributed by atoms with E-state index in [0.29, 0.717) is 13.0 Å². The minimum Gasteiger partial charge on any atom is -0.301 e. The third-order valence-corrected chi connectivity index (χ3v) is 7.27. The van der Waals surface area contributed by atoms with Crippen molar-refractivity contribution < 1.29 is 9.59 Å². The summed E-state index contributed by atoms with van der Waals surface area (Å²) in [6, 6.07) is 3.87. The van der Waals surface area contributed by atoms with Crippen LogP contribution in [-0.2, 0) is 11.3 Å². The molecular weight excluding hydrogens is 404 g/mol. The van der Waals surface area contributed by atoms with Crippen LogP contribution in [0.25, 0.3) is 5.52 Å². The summed E-state index contributed by atoms with van der Waals surface area (Å²) in [5.74, 6) is 0.677. The fourth-order valence-corrected chi connectivity index (χ4v) is 5.41. The molecule has 3 aliphatic rings. The summed E-state index contributed by atoms with van der Waals surface area (Å²) in [5, 5.41) is 6.79. The van der Waals surface area contributed by atoms with E-state index in [9.17, 15) is 9.59 Å². The van der Waals surface area contributed by atoms with E-state index in [1.165, 1.54) is 50.6 Å². The van der Waals surface area contributed by atoms with E-state index in [2.05, 4.69) is 32.3 Å². The number of anilines is 1. The van der Waals surface area contributed by atoms with Crippen molar-refractivity contribution >= 4 is 23.1 Å². The second-order valence-electron chi connectivity index (χ2n) is 9.58. The Labute approximate surface area is 189 Å². The molecule has 2 aliphatic heterocycles. The molecule has 8 heteroatoms. The number of aromatic nitrogens is 2. The van der Waals surface area contributed by atoms with Crippen molar-refractivity contribution in [2.75, 3.05) is 44.2 Å². The summed E-state index contributed by atoms with van der Waals surface area (Å²) < 4.78 is 1.80. The zero-order valence-electron chi connectivity index (χ0n) is 18.8. The molecule has 0 radical (unpaired) electrons. The third-order valence-electron chi connectivity index (χ3n) is 7.27. The Kier molecular flexibility index (Phi) is 6.41. The van der Waals surface area contributed by atoms with Gasteiger partial charge in [-0.15, -0.1) is 0 Å². The molecular formula is C24H34N6O2. The van der Waals surface area contributed by atoms with Crippen molar-refractivity contribution in [3.63, 3.8) is 0 Å². The molecule has 2 aromatic heterocycles. The van der Waals surface area contributed by atoms with Gasteiger partial charge in [0.2, 0.25) is 5.91 Å². The summed E-state index contributed by atoms with van der Waals surface area (Å²) >= 11 is 0. The monoisotopic (exact) mass is 438 g/mol. The number of urea groups is 1. The van der Waals surface area contributed by atoms with Crippen LogP contribution < -0.4 is 10.2 Å². The quantitative estimate of drug-likeness (QED) is 0.727. The molecule has 3 fully saturated rings. The molecule has 4 heterocycles. The second-order valence-corrected chi connectivity index (χ2v) is 9.58. The fourth-order valence-electron chi connectivity index (χ4n) is 5.41. The lowest BCUT2D eigenvalue weighted by Crippen LogP contribution is -2.49. The molecule has 2 saturated heterocycles. The SMILES string of the molecule is O=C1CCN(c2cnn3ccc(CN4CCN(CC5CCCCCC5)CC4)cc23)C(=O)N1. The van der Waals surface area contributed by atoms with E-state index in [1.54, 1.807) is 15.6 Å². The number of piperazine rings is 1. The number of nitrogens with one attached hydrogen (secondary N) is 1. The smallest absolute Gasteiger partial charge is 0.301 e. The first-order chi connectivity index (χ1) is 15.7. The molecule has 0 spiro atoms. The second kappa shape index (κ2) is 9.58. The standard InChI is InChI=1S/C24H34N6O2/c31-23-8-9-29(24(32)26-23)22-16-25-30-10-7-20(15-21(22)30)18-28-13-11-27(12-14-28)17-19-5-3-1-2-4-6-19/h7,10,15-16,19H,1-6,8-9,11-14,17-18H2,(H,26,31,32). The van der Waals surface area contributed by atoms with Crippen molar-refractivity contribution in [1.29, 1.82) is 0 Å². The zero-order valence-corrected chi connectivity index (χ0v) is 18.8. The molecule has 5 rings (SSSR count). The number of amides is 3.